The first kappa shape index (κ1) is 18.0. The van der Waals surface area contributed by atoms with E-state index in [1.54, 1.807) is 6.20 Å². The average molecular weight is 327 g/mol. The molecule has 0 fully saturated rings. The normalized spacial score (nSPS) is 11.5. The van der Waals surface area contributed by atoms with Crippen LogP contribution >= 0.6 is 0 Å². The van der Waals surface area contributed by atoms with Crippen molar-refractivity contribution in [3.8, 4) is 0 Å². The second-order valence-corrected chi connectivity index (χ2v) is 5.86. The van der Waals surface area contributed by atoms with Crippen molar-refractivity contribution in [2.45, 2.75) is 39.2 Å². The lowest BCUT2D eigenvalue weighted by Crippen LogP contribution is -2.37. The van der Waals surface area contributed by atoms with E-state index in [2.05, 4.69) is 58.0 Å². The van der Waals surface area contributed by atoms with E-state index in [0.29, 0.717) is 6.54 Å². The first-order valence-electron chi connectivity index (χ1n) is 8.82. The second kappa shape index (κ2) is 10.5. The van der Waals surface area contributed by atoms with Crippen molar-refractivity contribution < 1.29 is 0 Å². The summed E-state index contributed by atoms with van der Waals surface area (Å²) in [6.45, 7) is 4.54. The molecule has 0 atom stereocenters. The molecular formula is C19H29N5. The van der Waals surface area contributed by atoms with Crippen molar-refractivity contribution in [3.63, 3.8) is 0 Å². The number of hydrogen-bond acceptors (Lipinski definition) is 2. The first-order chi connectivity index (χ1) is 11.8. The van der Waals surface area contributed by atoms with Crippen LogP contribution in [-0.2, 0) is 20.0 Å². The first-order valence-corrected chi connectivity index (χ1v) is 8.82. The fourth-order valence-corrected chi connectivity index (χ4v) is 2.54. The number of aliphatic imine (C=N–C) groups is 1. The molecule has 0 aliphatic carbocycles. The van der Waals surface area contributed by atoms with Crippen LogP contribution in [0.4, 0.5) is 0 Å². The number of rotatable bonds is 9. The summed E-state index contributed by atoms with van der Waals surface area (Å²) < 4.78 is 1.86. The summed E-state index contributed by atoms with van der Waals surface area (Å²) in [6, 6.07) is 12.7. The van der Waals surface area contributed by atoms with Gasteiger partial charge in [0.2, 0.25) is 0 Å². The number of aryl methyl sites for hydroxylation is 2. The molecule has 5 heteroatoms. The molecule has 0 amide bonds. The summed E-state index contributed by atoms with van der Waals surface area (Å²) in [6.07, 6.45) is 6.58. The molecule has 5 nitrogen and oxygen atoms in total. The van der Waals surface area contributed by atoms with E-state index in [9.17, 15) is 0 Å². The summed E-state index contributed by atoms with van der Waals surface area (Å²) >= 11 is 0. The number of unbranched alkanes of at least 4 members (excludes halogenated alkanes) is 2. The molecule has 24 heavy (non-hydrogen) atoms. The molecule has 1 aromatic heterocycles. The van der Waals surface area contributed by atoms with E-state index in [-0.39, 0.29) is 0 Å². The molecule has 130 valence electrons. The molecule has 1 heterocycles. The number of guanidine groups is 1. The van der Waals surface area contributed by atoms with Crippen LogP contribution in [0.15, 0.2) is 47.6 Å². The maximum atomic E-state index is 4.62. The molecular weight excluding hydrogens is 298 g/mol. The highest BCUT2D eigenvalue weighted by atomic mass is 15.3. The number of aromatic nitrogens is 2. The van der Waals surface area contributed by atoms with Crippen LogP contribution in [-0.4, -0.2) is 28.8 Å². The second-order valence-electron chi connectivity index (χ2n) is 5.86. The lowest BCUT2D eigenvalue weighted by Gasteiger charge is -2.11. The van der Waals surface area contributed by atoms with Gasteiger partial charge in [-0.05, 0) is 37.8 Å². The molecule has 2 rings (SSSR count). The van der Waals surface area contributed by atoms with Crippen molar-refractivity contribution >= 4 is 5.96 Å². The van der Waals surface area contributed by atoms with Gasteiger partial charge in [-0.15, -0.1) is 0 Å². The number of nitrogens with one attached hydrogen (secondary N) is 2. The lowest BCUT2D eigenvalue weighted by molar-refractivity contribution is 0.654. The van der Waals surface area contributed by atoms with Gasteiger partial charge in [-0.3, -0.25) is 4.68 Å². The molecule has 0 saturated carbocycles. The maximum absolute atomic E-state index is 4.62. The van der Waals surface area contributed by atoms with Crippen LogP contribution in [0.5, 0.6) is 0 Å². The van der Waals surface area contributed by atoms with Gasteiger partial charge in [-0.25, -0.2) is 4.99 Å². The van der Waals surface area contributed by atoms with Crippen LogP contribution < -0.4 is 10.6 Å². The van der Waals surface area contributed by atoms with E-state index in [0.717, 1.165) is 37.6 Å². The van der Waals surface area contributed by atoms with Gasteiger partial charge in [0.1, 0.15) is 0 Å². The number of benzene rings is 1. The van der Waals surface area contributed by atoms with Gasteiger partial charge in [-0.2, -0.15) is 5.10 Å². The number of nitrogens with zero attached hydrogens (tertiary/aromatic N) is 3. The smallest absolute Gasteiger partial charge is 0.191 e. The van der Waals surface area contributed by atoms with E-state index in [1.807, 2.05) is 17.8 Å². The quantitative estimate of drug-likeness (QED) is 0.423. The van der Waals surface area contributed by atoms with E-state index >= 15 is 0 Å². The fraction of sp³-hybridized carbons (Fsp3) is 0.474. The van der Waals surface area contributed by atoms with Crippen molar-refractivity contribution in [2.24, 2.45) is 12.0 Å². The monoisotopic (exact) mass is 327 g/mol. The third kappa shape index (κ3) is 6.44. The highest BCUT2D eigenvalue weighted by Gasteiger charge is 2.00. The van der Waals surface area contributed by atoms with Gasteiger partial charge in [-0.1, -0.05) is 36.8 Å². The van der Waals surface area contributed by atoms with Gasteiger partial charge in [0.25, 0.3) is 0 Å². The fourth-order valence-electron chi connectivity index (χ4n) is 2.54. The van der Waals surface area contributed by atoms with Gasteiger partial charge < -0.3 is 10.6 Å². The van der Waals surface area contributed by atoms with E-state index < -0.39 is 0 Å². The van der Waals surface area contributed by atoms with Crippen LogP contribution in [0.3, 0.4) is 0 Å². The average Bonchev–Trinajstić information content (AvgIpc) is 3.01. The molecule has 0 aliphatic heterocycles. The molecule has 2 N–H and O–H groups in total. The Morgan fingerprint density at radius 1 is 1.08 bits per heavy atom. The third-order valence-electron chi connectivity index (χ3n) is 3.94. The molecule has 1 aromatic carbocycles. The minimum absolute atomic E-state index is 0.639. The SMILES string of the molecule is CCNC(=NCc1ccnn1C)NCCCCCc1ccccc1. The predicted octanol–water partition coefficient (Wildman–Crippen LogP) is 2.89. The van der Waals surface area contributed by atoms with Gasteiger partial charge in [0.05, 0.1) is 12.2 Å². The Balaban J connectivity index is 1.65. The van der Waals surface area contributed by atoms with Crippen LogP contribution in [0.2, 0.25) is 0 Å². The third-order valence-corrected chi connectivity index (χ3v) is 3.94. The minimum atomic E-state index is 0.639. The summed E-state index contributed by atoms with van der Waals surface area (Å²) in [5.41, 5.74) is 2.53. The Labute approximate surface area is 145 Å². The van der Waals surface area contributed by atoms with Gasteiger partial charge >= 0.3 is 0 Å². The van der Waals surface area contributed by atoms with Crippen molar-refractivity contribution in [2.75, 3.05) is 13.1 Å². The number of hydrogen-bond donors (Lipinski definition) is 2. The predicted molar refractivity (Wildman–Crippen MR) is 100 cm³/mol. The Morgan fingerprint density at radius 2 is 1.92 bits per heavy atom. The van der Waals surface area contributed by atoms with E-state index in [4.69, 9.17) is 0 Å². The molecule has 0 spiro atoms. The minimum Gasteiger partial charge on any atom is -0.357 e. The molecule has 0 saturated heterocycles. The molecule has 0 aliphatic rings. The Kier molecular flexibility index (Phi) is 7.87. The molecule has 0 radical (unpaired) electrons. The van der Waals surface area contributed by atoms with Crippen molar-refractivity contribution in [3.05, 3.63) is 53.9 Å². The maximum Gasteiger partial charge on any atom is 0.191 e. The Hall–Kier alpha value is -2.30. The summed E-state index contributed by atoms with van der Waals surface area (Å²) in [5.74, 6) is 0.877. The Bertz CT molecular complexity index is 603. The van der Waals surface area contributed by atoms with Crippen molar-refractivity contribution in [1.82, 2.24) is 20.4 Å². The zero-order chi connectivity index (χ0) is 17.0. The molecule has 0 bridgehead atoms. The summed E-state index contributed by atoms with van der Waals surface area (Å²) in [5, 5.41) is 10.9. The summed E-state index contributed by atoms with van der Waals surface area (Å²) in [4.78, 5) is 4.62. The van der Waals surface area contributed by atoms with Gasteiger partial charge in [0.15, 0.2) is 5.96 Å². The lowest BCUT2D eigenvalue weighted by atomic mass is 10.1. The van der Waals surface area contributed by atoms with Crippen LogP contribution in [0.1, 0.15) is 37.4 Å². The highest BCUT2D eigenvalue weighted by molar-refractivity contribution is 5.79. The van der Waals surface area contributed by atoms with Gasteiger partial charge in [0, 0.05) is 26.3 Å². The van der Waals surface area contributed by atoms with E-state index in [1.165, 1.54) is 18.4 Å². The summed E-state index contributed by atoms with van der Waals surface area (Å²) in [7, 11) is 1.94. The Morgan fingerprint density at radius 3 is 2.62 bits per heavy atom. The zero-order valence-electron chi connectivity index (χ0n) is 14.8. The topological polar surface area (TPSA) is 54.2 Å². The zero-order valence-corrected chi connectivity index (χ0v) is 14.8. The molecule has 2 aromatic rings. The van der Waals surface area contributed by atoms with Crippen molar-refractivity contribution in [1.29, 1.82) is 0 Å². The largest absolute Gasteiger partial charge is 0.357 e. The van der Waals surface area contributed by atoms with Crippen LogP contribution in [0, 0.1) is 0 Å². The standard InChI is InChI=1S/C19H29N5/c1-3-20-19(22-16-18-13-15-23-24(18)2)21-14-9-5-8-12-17-10-6-4-7-11-17/h4,6-7,10-11,13,15H,3,5,8-9,12,14,16H2,1-2H3,(H2,20,21,22). The van der Waals surface area contributed by atoms with Crippen LogP contribution in [0.25, 0.3) is 0 Å². The molecule has 0 unspecified atom stereocenters. The highest BCUT2D eigenvalue weighted by Crippen LogP contribution is 2.05.